The molecule has 5 heteroatoms. The molecular weight excluding hydrogens is 304 g/mol. The van der Waals surface area contributed by atoms with Crippen LogP contribution < -0.4 is 10.1 Å². The summed E-state index contributed by atoms with van der Waals surface area (Å²) in [4.78, 5) is 25.5. The van der Waals surface area contributed by atoms with Crippen LogP contribution in [-0.2, 0) is 0 Å². The largest absolute Gasteiger partial charge is 0.457 e. The lowest BCUT2D eigenvalue weighted by Crippen LogP contribution is -2.46. The fourth-order valence-corrected chi connectivity index (χ4v) is 2.61. The minimum absolute atomic E-state index is 0.0253. The van der Waals surface area contributed by atoms with Crippen LogP contribution in [0, 0.1) is 0 Å². The molecule has 1 aliphatic heterocycles. The number of amides is 1. The van der Waals surface area contributed by atoms with E-state index in [9.17, 15) is 9.59 Å². The van der Waals surface area contributed by atoms with Crippen molar-refractivity contribution < 1.29 is 14.3 Å². The van der Waals surface area contributed by atoms with E-state index in [0.29, 0.717) is 22.6 Å². The van der Waals surface area contributed by atoms with Gasteiger partial charge in [-0.3, -0.25) is 9.59 Å². The van der Waals surface area contributed by atoms with Crippen molar-refractivity contribution >= 4 is 11.7 Å². The number of ketones is 1. The van der Waals surface area contributed by atoms with Gasteiger partial charge in [0.25, 0.3) is 5.91 Å². The molecule has 0 bridgehead atoms. The summed E-state index contributed by atoms with van der Waals surface area (Å²) in [5.74, 6) is 1.38. The zero-order valence-electron chi connectivity index (χ0n) is 13.6. The molecule has 5 nitrogen and oxygen atoms in total. The van der Waals surface area contributed by atoms with Gasteiger partial charge in [0.15, 0.2) is 5.78 Å². The molecule has 0 aliphatic carbocycles. The summed E-state index contributed by atoms with van der Waals surface area (Å²) in [6, 6.07) is 14.1. The smallest absolute Gasteiger partial charge is 0.253 e. The Hall–Kier alpha value is -2.66. The number of hydrogen-bond donors (Lipinski definition) is 1. The highest BCUT2D eigenvalue weighted by molar-refractivity contribution is 5.94. The van der Waals surface area contributed by atoms with E-state index in [4.69, 9.17) is 4.74 Å². The first-order chi connectivity index (χ1) is 11.6. The maximum absolute atomic E-state index is 12.4. The molecule has 3 rings (SSSR count). The molecule has 1 aliphatic rings. The van der Waals surface area contributed by atoms with E-state index in [1.165, 1.54) is 6.92 Å². The van der Waals surface area contributed by atoms with Crippen LogP contribution >= 0.6 is 0 Å². The van der Waals surface area contributed by atoms with Gasteiger partial charge in [0.05, 0.1) is 0 Å². The second kappa shape index (κ2) is 7.27. The van der Waals surface area contributed by atoms with Gasteiger partial charge in [0.2, 0.25) is 0 Å². The molecule has 2 aromatic carbocycles. The van der Waals surface area contributed by atoms with Gasteiger partial charge in [0.1, 0.15) is 11.5 Å². The first-order valence-electron chi connectivity index (χ1n) is 8.02. The van der Waals surface area contributed by atoms with Gasteiger partial charge in [-0.2, -0.15) is 0 Å². The van der Waals surface area contributed by atoms with E-state index >= 15 is 0 Å². The Morgan fingerprint density at radius 3 is 1.88 bits per heavy atom. The lowest BCUT2D eigenvalue weighted by Gasteiger charge is -2.27. The van der Waals surface area contributed by atoms with Crippen molar-refractivity contribution in [3.05, 3.63) is 59.7 Å². The summed E-state index contributed by atoms with van der Waals surface area (Å²) in [6.45, 7) is 4.68. The van der Waals surface area contributed by atoms with E-state index < -0.39 is 0 Å². The van der Waals surface area contributed by atoms with Gasteiger partial charge in [-0.25, -0.2) is 0 Å². The van der Waals surface area contributed by atoms with Crippen molar-refractivity contribution in [1.82, 2.24) is 10.2 Å². The summed E-state index contributed by atoms with van der Waals surface area (Å²) in [6.07, 6.45) is 0. The predicted octanol–water partition coefficient (Wildman–Crippen LogP) is 2.73. The normalized spacial score (nSPS) is 14.3. The van der Waals surface area contributed by atoms with Gasteiger partial charge >= 0.3 is 0 Å². The third-order valence-corrected chi connectivity index (χ3v) is 4.00. The Morgan fingerprint density at radius 2 is 1.38 bits per heavy atom. The van der Waals surface area contributed by atoms with Crippen LogP contribution in [0.2, 0.25) is 0 Å². The van der Waals surface area contributed by atoms with Gasteiger partial charge in [-0.15, -0.1) is 0 Å². The van der Waals surface area contributed by atoms with E-state index in [0.717, 1.165) is 26.2 Å². The predicted molar refractivity (Wildman–Crippen MR) is 91.7 cm³/mol. The molecule has 1 N–H and O–H groups in total. The third-order valence-electron chi connectivity index (χ3n) is 4.00. The van der Waals surface area contributed by atoms with E-state index in [2.05, 4.69) is 5.32 Å². The molecule has 0 atom stereocenters. The monoisotopic (exact) mass is 324 g/mol. The fraction of sp³-hybridized carbons (Fsp3) is 0.263. The molecule has 0 spiro atoms. The first-order valence-corrected chi connectivity index (χ1v) is 8.02. The van der Waals surface area contributed by atoms with E-state index in [1.807, 2.05) is 4.90 Å². The van der Waals surface area contributed by atoms with Crippen LogP contribution in [0.5, 0.6) is 11.5 Å². The average molecular weight is 324 g/mol. The van der Waals surface area contributed by atoms with Crippen molar-refractivity contribution in [2.75, 3.05) is 26.2 Å². The highest BCUT2D eigenvalue weighted by atomic mass is 16.5. The molecule has 1 fully saturated rings. The molecule has 24 heavy (non-hydrogen) atoms. The SMILES string of the molecule is CC(=O)c1ccc(Oc2ccc(C(=O)N3CCNCC3)cc2)cc1. The zero-order chi connectivity index (χ0) is 16.9. The van der Waals surface area contributed by atoms with Crippen molar-refractivity contribution in [2.24, 2.45) is 0 Å². The summed E-state index contributed by atoms with van der Waals surface area (Å²) >= 11 is 0. The topological polar surface area (TPSA) is 58.6 Å². The second-order valence-corrected chi connectivity index (χ2v) is 5.75. The quantitative estimate of drug-likeness (QED) is 0.879. The summed E-state index contributed by atoms with van der Waals surface area (Å²) in [5, 5.41) is 3.23. The summed E-state index contributed by atoms with van der Waals surface area (Å²) in [7, 11) is 0. The molecular formula is C19H20N2O3. The number of rotatable bonds is 4. The van der Waals surface area contributed by atoms with E-state index in [-0.39, 0.29) is 11.7 Å². The Balaban J connectivity index is 1.65. The minimum Gasteiger partial charge on any atom is -0.457 e. The summed E-state index contributed by atoms with van der Waals surface area (Å²) < 4.78 is 5.75. The number of carbonyl (C=O) groups is 2. The van der Waals surface area contributed by atoms with Crippen LogP contribution in [0.15, 0.2) is 48.5 Å². The zero-order valence-corrected chi connectivity index (χ0v) is 13.6. The summed E-state index contributed by atoms with van der Waals surface area (Å²) in [5.41, 5.74) is 1.32. The number of ether oxygens (including phenoxy) is 1. The molecule has 124 valence electrons. The standard InChI is InChI=1S/C19H20N2O3/c1-14(22)15-2-6-17(7-3-15)24-18-8-4-16(5-9-18)19(23)21-12-10-20-11-13-21/h2-9,20H,10-13H2,1H3. The van der Waals surface area contributed by atoms with Gasteiger partial charge < -0.3 is 15.0 Å². The minimum atomic E-state index is 0.0253. The van der Waals surface area contributed by atoms with Crippen LogP contribution in [0.1, 0.15) is 27.6 Å². The molecule has 2 aromatic rings. The number of carbonyl (C=O) groups excluding carboxylic acids is 2. The van der Waals surface area contributed by atoms with Crippen LogP contribution in [-0.4, -0.2) is 42.8 Å². The van der Waals surface area contributed by atoms with Gasteiger partial charge in [0, 0.05) is 37.3 Å². The Kier molecular flexibility index (Phi) is 4.91. The highest BCUT2D eigenvalue weighted by Gasteiger charge is 2.17. The van der Waals surface area contributed by atoms with Gasteiger partial charge in [-0.1, -0.05) is 0 Å². The number of nitrogens with zero attached hydrogens (tertiary/aromatic N) is 1. The van der Waals surface area contributed by atoms with Crippen LogP contribution in [0.4, 0.5) is 0 Å². The maximum atomic E-state index is 12.4. The lowest BCUT2D eigenvalue weighted by molar-refractivity contribution is 0.0735. The third kappa shape index (κ3) is 3.81. The number of Topliss-reactive ketones (excluding diaryl/α,β-unsaturated/α-hetero) is 1. The van der Waals surface area contributed by atoms with Crippen LogP contribution in [0.3, 0.4) is 0 Å². The molecule has 0 radical (unpaired) electrons. The van der Waals surface area contributed by atoms with Crippen LogP contribution in [0.25, 0.3) is 0 Å². The molecule has 0 unspecified atom stereocenters. The molecule has 1 heterocycles. The molecule has 1 saturated heterocycles. The highest BCUT2D eigenvalue weighted by Crippen LogP contribution is 2.22. The molecule has 0 saturated carbocycles. The van der Waals surface area contributed by atoms with Gasteiger partial charge in [-0.05, 0) is 55.5 Å². The maximum Gasteiger partial charge on any atom is 0.253 e. The molecule has 0 aromatic heterocycles. The fourth-order valence-electron chi connectivity index (χ4n) is 2.61. The Bertz CT molecular complexity index is 717. The van der Waals surface area contributed by atoms with Crippen molar-refractivity contribution in [1.29, 1.82) is 0 Å². The van der Waals surface area contributed by atoms with Crippen molar-refractivity contribution in [3.8, 4) is 11.5 Å². The van der Waals surface area contributed by atoms with Crippen molar-refractivity contribution in [2.45, 2.75) is 6.92 Å². The molecule has 1 amide bonds. The second-order valence-electron chi connectivity index (χ2n) is 5.75. The number of piperazine rings is 1. The number of nitrogens with one attached hydrogen (secondary N) is 1. The lowest BCUT2D eigenvalue weighted by atomic mass is 10.1. The number of benzene rings is 2. The van der Waals surface area contributed by atoms with E-state index in [1.54, 1.807) is 48.5 Å². The Morgan fingerprint density at radius 1 is 0.875 bits per heavy atom. The number of hydrogen-bond acceptors (Lipinski definition) is 4. The first kappa shape index (κ1) is 16.2. The Labute approximate surface area is 141 Å². The average Bonchev–Trinajstić information content (AvgIpc) is 2.63. The van der Waals surface area contributed by atoms with Crippen molar-refractivity contribution in [3.63, 3.8) is 0 Å².